The summed E-state index contributed by atoms with van der Waals surface area (Å²) < 4.78 is 5.46. The van der Waals surface area contributed by atoms with Gasteiger partial charge in [-0.25, -0.2) is 9.97 Å². The van der Waals surface area contributed by atoms with Gasteiger partial charge >= 0.3 is 0 Å². The minimum absolute atomic E-state index is 0.430. The average molecular weight is 263 g/mol. The van der Waals surface area contributed by atoms with Crippen LogP contribution in [-0.4, -0.2) is 29.7 Å². The molecule has 0 saturated heterocycles. The topological polar surface area (TPSA) is 47.0 Å². The van der Waals surface area contributed by atoms with E-state index >= 15 is 0 Å². The van der Waals surface area contributed by atoms with Gasteiger partial charge in [0.25, 0.3) is 0 Å². The van der Waals surface area contributed by atoms with Crippen molar-refractivity contribution in [1.29, 1.82) is 0 Å². The number of ether oxygens (including phenoxy) is 1. The molecule has 0 unspecified atom stereocenters. The first kappa shape index (κ1) is 14.4. The van der Waals surface area contributed by atoms with E-state index in [-0.39, 0.29) is 0 Å². The van der Waals surface area contributed by atoms with Crippen LogP contribution in [0.15, 0.2) is 0 Å². The molecule has 0 atom stereocenters. The average Bonchev–Trinajstić information content (AvgIpc) is 3.16. The van der Waals surface area contributed by atoms with Crippen molar-refractivity contribution in [3.05, 3.63) is 22.8 Å². The second kappa shape index (κ2) is 5.55. The van der Waals surface area contributed by atoms with E-state index < -0.39 is 5.60 Å². The fourth-order valence-electron chi connectivity index (χ4n) is 2.15. The highest BCUT2D eigenvalue weighted by Crippen LogP contribution is 2.23. The van der Waals surface area contributed by atoms with Crippen LogP contribution >= 0.6 is 0 Å². The Morgan fingerprint density at radius 1 is 1.21 bits per heavy atom. The maximum atomic E-state index is 5.46. The summed E-state index contributed by atoms with van der Waals surface area (Å²) in [7, 11) is 1.70. The molecule has 0 radical (unpaired) electrons. The molecule has 1 fully saturated rings. The molecular weight excluding hydrogens is 238 g/mol. The summed E-state index contributed by atoms with van der Waals surface area (Å²) in [5.74, 6) is 0.768. The van der Waals surface area contributed by atoms with Gasteiger partial charge in [-0.1, -0.05) is 0 Å². The summed E-state index contributed by atoms with van der Waals surface area (Å²) in [4.78, 5) is 9.25. The van der Waals surface area contributed by atoms with Gasteiger partial charge in [0.2, 0.25) is 0 Å². The van der Waals surface area contributed by atoms with Gasteiger partial charge in [0.15, 0.2) is 5.82 Å². The van der Waals surface area contributed by atoms with Crippen LogP contribution in [0.3, 0.4) is 0 Å². The van der Waals surface area contributed by atoms with Gasteiger partial charge in [0, 0.05) is 24.5 Å². The lowest BCUT2D eigenvalue weighted by molar-refractivity contribution is 0.0111. The smallest absolute Gasteiger partial charge is 0.160 e. The molecule has 0 spiro atoms. The number of hydrogen-bond acceptors (Lipinski definition) is 4. The molecule has 4 nitrogen and oxygen atoms in total. The van der Waals surface area contributed by atoms with Crippen molar-refractivity contribution in [2.24, 2.45) is 0 Å². The minimum Gasteiger partial charge on any atom is -0.371 e. The highest BCUT2D eigenvalue weighted by Gasteiger charge is 2.25. The first-order valence-corrected chi connectivity index (χ1v) is 7.07. The van der Waals surface area contributed by atoms with E-state index in [1.54, 1.807) is 7.11 Å². The highest BCUT2D eigenvalue weighted by molar-refractivity contribution is 5.26. The lowest BCUT2D eigenvalue weighted by atomic mass is 10.1. The third kappa shape index (κ3) is 3.51. The van der Waals surface area contributed by atoms with Crippen LogP contribution in [0.1, 0.15) is 49.5 Å². The van der Waals surface area contributed by atoms with Crippen LogP contribution in [0, 0.1) is 13.8 Å². The molecule has 1 aromatic heterocycles. The predicted octanol–water partition coefficient (Wildman–Crippen LogP) is 2.27. The third-order valence-corrected chi connectivity index (χ3v) is 3.85. The van der Waals surface area contributed by atoms with Gasteiger partial charge in [0.05, 0.1) is 0 Å². The van der Waals surface area contributed by atoms with E-state index in [0.717, 1.165) is 36.2 Å². The summed E-state index contributed by atoms with van der Waals surface area (Å²) in [6, 6.07) is 0.758. The van der Waals surface area contributed by atoms with Gasteiger partial charge in [0.1, 0.15) is 5.60 Å². The fourth-order valence-corrected chi connectivity index (χ4v) is 2.15. The van der Waals surface area contributed by atoms with E-state index in [2.05, 4.69) is 29.1 Å². The van der Waals surface area contributed by atoms with Gasteiger partial charge in [-0.05, 0) is 59.1 Å². The molecule has 2 rings (SSSR count). The van der Waals surface area contributed by atoms with Crippen molar-refractivity contribution in [1.82, 2.24) is 15.3 Å². The lowest BCUT2D eigenvalue weighted by Gasteiger charge is -2.23. The fraction of sp³-hybridized carbons (Fsp3) is 0.733. The highest BCUT2D eigenvalue weighted by atomic mass is 16.5. The number of methoxy groups -OCH3 is 1. The van der Waals surface area contributed by atoms with Crippen molar-refractivity contribution in [2.75, 3.05) is 13.7 Å². The van der Waals surface area contributed by atoms with E-state index in [0.29, 0.717) is 0 Å². The Labute approximate surface area is 116 Å². The Kier molecular flexibility index (Phi) is 4.21. The zero-order chi connectivity index (χ0) is 14.0. The Bertz CT molecular complexity index is 430. The Balaban J connectivity index is 2.11. The normalized spacial score (nSPS) is 15.8. The zero-order valence-electron chi connectivity index (χ0n) is 12.7. The molecule has 1 aliphatic rings. The van der Waals surface area contributed by atoms with Crippen molar-refractivity contribution in [2.45, 2.75) is 58.6 Å². The van der Waals surface area contributed by atoms with Gasteiger partial charge < -0.3 is 10.1 Å². The first-order valence-electron chi connectivity index (χ1n) is 7.07. The van der Waals surface area contributed by atoms with Crippen LogP contribution < -0.4 is 5.32 Å². The summed E-state index contributed by atoms with van der Waals surface area (Å²) >= 11 is 0. The van der Waals surface area contributed by atoms with Crippen LogP contribution in [0.25, 0.3) is 0 Å². The van der Waals surface area contributed by atoms with E-state index in [9.17, 15) is 0 Å². The third-order valence-electron chi connectivity index (χ3n) is 3.85. The molecule has 1 N–H and O–H groups in total. The zero-order valence-corrected chi connectivity index (χ0v) is 12.7. The van der Waals surface area contributed by atoms with Crippen LogP contribution in [0.5, 0.6) is 0 Å². The Morgan fingerprint density at radius 3 is 2.26 bits per heavy atom. The second-order valence-corrected chi connectivity index (χ2v) is 5.89. The molecular formula is C15H25N3O. The van der Waals surface area contributed by atoms with Crippen molar-refractivity contribution < 1.29 is 4.74 Å². The van der Waals surface area contributed by atoms with Gasteiger partial charge in [-0.3, -0.25) is 0 Å². The molecule has 1 saturated carbocycles. The van der Waals surface area contributed by atoms with Gasteiger partial charge in [-0.15, -0.1) is 0 Å². The standard InChI is InChI=1S/C15H25N3O/c1-10-13(8-9-16-12-6-7-12)11(2)18-14(17-10)15(3,4)19-5/h12,16H,6-9H2,1-5H3. The maximum Gasteiger partial charge on any atom is 0.160 e. The lowest BCUT2D eigenvalue weighted by Crippen LogP contribution is -2.25. The molecule has 0 aromatic carbocycles. The second-order valence-electron chi connectivity index (χ2n) is 5.89. The summed E-state index contributed by atoms with van der Waals surface area (Å²) in [5, 5.41) is 3.54. The van der Waals surface area contributed by atoms with Crippen LogP contribution in [0.4, 0.5) is 0 Å². The number of nitrogens with one attached hydrogen (secondary N) is 1. The number of aromatic nitrogens is 2. The number of rotatable bonds is 6. The van der Waals surface area contributed by atoms with Gasteiger partial charge in [-0.2, -0.15) is 0 Å². The van der Waals surface area contributed by atoms with Crippen LogP contribution in [0.2, 0.25) is 0 Å². The van der Waals surface area contributed by atoms with E-state index in [1.807, 2.05) is 13.8 Å². The van der Waals surface area contributed by atoms with Crippen molar-refractivity contribution in [3.8, 4) is 0 Å². The maximum absolute atomic E-state index is 5.46. The quantitative estimate of drug-likeness (QED) is 0.855. The first-order chi connectivity index (χ1) is 8.94. The molecule has 106 valence electrons. The molecule has 19 heavy (non-hydrogen) atoms. The van der Waals surface area contributed by atoms with Crippen molar-refractivity contribution in [3.63, 3.8) is 0 Å². The SMILES string of the molecule is COC(C)(C)c1nc(C)c(CCNC2CC2)c(C)n1. The molecule has 0 amide bonds. The van der Waals surface area contributed by atoms with E-state index in [4.69, 9.17) is 4.74 Å². The number of hydrogen-bond donors (Lipinski definition) is 1. The molecule has 0 aliphatic heterocycles. The number of aryl methyl sites for hydroxylation is 2. The van der Waals surface area contributed by atoms with E-state index in [1.165, 1.54) is 18.4 Å². The summed E-state index contributed by atoms with van der Waals surface area (Å²) in [6.45, 7) is 9.14. The van der Waals surface area contributed by atoms with Crippen molar-refractivity contribution >= 4 is 0 Å². The molecule has 1 heterocycles. The molecule has 1 aliphatic carbocycles. The minimum atomic E-state index is -0.430. The largest absolute Gasteiger partial charge is 0.371 e. The molecule has 1 aromatic rings. The monoisotopic (exact) mass is 263 g/mol. The Morgan fingerprint density at radius 2 is 1.79 bits per heavy atom. The molecule has 4 heteroatoms. The summed E-state index contributed by atoms with van der Waals surface area (Å²) in [5.41, 5.74) is 2.99. The number of nitrogens with zero attached hydrogens (tertiary/aromatic N) is 2. The Hall–Kier alpha value is -1.00. The summed E-state index contributed by atoms with van der Waals surface area (Å²) in [6.07, 6.45) is 3.66. The molecule has 0 bridgehead atoms. The van der Waals surface area contributed by atoms with Crippen LogP contribution in [-0.2, 0) is 16.8 Å². The predicted molar refractivity (Wildman–Crippen MR) is 76.3 cm³/mol.